The highest BCUT2D eigenvalue weighted by Gasteiger charge is 2.35. The number of carboxylic acids is 1. The molecule has 74 valence electrons. The van der Waals surface area contributed by atoms with Crippen molar-refractivity contribution in [1.82, 2.24) is 5.32 Å². The Balaban J connectivity index is 2.26. The molecule has 5 nitrogen and oxygen atoms in total. The van der Waals surface area contributed by atoms with Crippen molar-refractivity contribution in [3.05, 3.63) is 0 Å². The van der Waals surface area contributed by atoms with Gasteiger partial charge < -0.3 is 16.2 Å². The van der Waals surface area contributed by atoms with Crippen LogP contribution in [0.2, 0.25) is 0 Å². The lowest BCUT2D eigenvalue weighted by Gasteiger charge is -2.08. The number of nitrogens with two attached hydrogens (primary N) is 1. The first-order valence-electron chi connectivity index (χ1n) is 4.28. The van der Waals surface area contributed by atoms with E-state index in [2.05, 4.69) is 5.32 Å². The highest BCUT2D eigenvalue weighted by Crippen LogP contribution is 2.28. The first-order valence-corrected chi connectivity index (χ1v) is 4.28. The van der Waals surface area contributed by atoms with Crippen LogP contribution in [0.25, 0.3) is 0 Å². The minimum Gasteiger partial charge on any atom is -0.481 e. The summed E-state index contributed by atoms with van der Waals surface area (Å²) in [7, 11) is 0. The van der Waals surface area contributed by atoms with Crippen molar-refractivity contribution in [3.8, 4) is 0 Å². The van der Waals surface area contributed by atoms with Gasteiger partial charge >= 0.3 is 5.97 Å². The van der Waals surface area contributed by atoms with Crippen LogP contribution in [0.15, 0.2) is 0 Å². The zero-order chi connectivity index (χ0) is 10.0. The molecule has 3 atom stereocenters. The fraction of sp³-hybridized carbons (Fsp3) is 0.750. The fourth-order valence-electron chi connectivity index (χ4n) is 1.09. The van der Waals surface area contributed by atoms with E-state index in [0.29, 0.717) is 5.92 Å². The van der Waals surface area contributed by atoms with Gasteiger partial charge in [-0.25, -0.2) is 0 Å². The normalized spacial score (nSPS) is 27.8. The minimum atomic E-state index is -1.05. The van der Waals surface area contributed by atoms with Crippen molar-refractivity contribution in [2.75, 3.05) is 0 Å². The summed E-state index contributed by atoms with van der Waals surface area (Å²) in [5, 5.41) is 11.1. The van der Waals surface area contributed by atoms with Gasteiger partial charge in [-0.15, -0.1) is 0 Å². The number of rotatable bonds is 4. The van der Waals surface area contributed by atoms with Gasteiger partial charge in [-0.3, -0.25) is 9.59 Å². The van der Waals surface area contributed by atoms with Crippen molar-refractivity contribution in [2.24, 2.45) is 11.7 Å². The highest BCUT2D eigenvalue weighted by molar-refractivity contribution is 5.86. The molecule has 0 heterocycles. The molecule has 0 aromatic heterocycles. The zero-order valence-corrected chi connectivity index (χ0v) is 7.49. The van der Waals surface area contributed by atoms with E-state index >= 15 is 0 Å². The van der Waals surface area contributed by atoms with Gasteiger partial charge in [0.1, 0.15) is 0 Å². The van der Waals surface area contributed by atoms with E-state index in [9.17, 15) is 9.59 Å². The third-order valence-electron chi connectivity index (χ3n) is 2.17. The molecule has 1 aliphatic carbocycles. The van der Waals surface area contributed by atoms with Crippen LogP contribution in [0.1, 0.15) is 19.8 Å². The van der Waals surface area contributed by atoms with Crippen LogP contribution in [0.4, 0.5) is 0 Å². The number of carbonyl (C=O) groups is 2. The maximum Gasteiger partial charge on any atom is 0.305 e. The van der Waals surface area contributed by atoms with Gasteiger partial charge in [-0.1, -0.05) is 6.92 Å². The summed E-state index contributed by atoms with van der Waals surface area (Å²) in [6, 6.07) is -0.724. The van der Waals surface area contributed by atoms with Crippen molar-refractivity contribution in [1.29, 1.82) is 0 Å². The van der Waals surface area contributed by atoms with Gasteiger partial charge in [-0.2, -0.15) is 0 Å². The lowest BCUT2D eigenvalue weighted by molar-refractivity contribution is -0.139. The molecule has 5 heteroatoms. The molecule has 4 N–H and O–H groups in total. The Bertz CT molecular complexity index is 229. The zero-order valence-electron chi connectivity index (χ0n) is 7.49. The number of hydrogen-bond donors (Lipinski definition) is 3. The number of nitrogens with one attached hydrogen (secondary N) is 1. The molecule has 0 aliphatic heterocycles. The lowest BCUT2D eigenvalue weighted by atomic mass is 10.2. The van der Waals surface area contributed by atoms with E-state index < -0.39 is 12.0 Å². The highest BCUT2D eigenvalue weighted by atomic mass is 16.4. The maximum absolute atomic E-state index is 11.2. The Hall–Kier alpha value is -1.10. The van der Waals surface area contributed by atoms with Crippen LogP contribution >= 0.6 is 0 Å². The van der Waals surface area contributed by atoms with Crippen LogP contribution in [0, 0.1) is 5.92 Å². The Kier molecular flexibility index (Phi) is 2.87. The van der Waals surface area contributed by atoms with Gasteiger partial charge in [-0.05, 0) is 12.3 Å². The van der Waals surface area contributed by atoms with Gasteiger partial charge in [0.25, 0.3) is 0 Å². The van der Waals surface area contributed by atoms with Gasteiger partial charge in [0, 0.05) is 6.04 Å². The van der Waals surface area contributed by atoms with E-state index in [-0.39, 0.29) is 18.4 Å². The van der Waals surface area contributed by atoms with E-state index in [1.165, 1.54) is 0 Å². The average molecular weight is 186 g/mol. The first-order chi connectivity index (χ1) is 6.00. The molecule has 1 rings (SSSR count). The minimum absolute atomic E-state index is 0.201. The second-order valence-corrected chi connectivity index (χ2v) is 3.53. The smallest absolute Gasteiger partial charge is 0.305 e. The molecule has 0 aromatic rings. The topological polar surface area (TPSA) is 92.4 Å². The van der Waals surface area contributed by atoms with E-state index in [4.69, 9.17) is 10.8 Å². The number of carbonyl (C=O) groups excluding carboxylic acids is 1. The summed E-state index contributed by atoms with van der Waals surface area (Å²) >= 11 is 0. The molecule has 0 spiro atoms. The second kappa shape index (κ2) is 3.74. The van der Waals surface area contributed by atoms with Crippen LogP contribution < -0.4 is 11.1 Å². The standard InChI is InChI=1S/C8H14N2O3/c1-4-2-6(4)10-8(13)5(9)3-7(11)12/h4-6H,2-3,9H2,1H3,(H,10,13)(H,11,12). The third-order valence-corrected chi connectivity index (χ3v) is 2.17. The Labute approximate surface area is 76.3 Å². The van der Waals surface area contributed by atoms with Crippen LogP contribution in [0.3, 0.4) is 0 Å². The Morgan fingerprint density at radius 2 is 2.23 bits per heavy atom. The fourth-order valence-corrected chi connectivity index (χ4v) is 1.09. The molecule has 1 fully saturated rings. The predicted octanol–water partition coefficient (Wildman–Crippen LogP) is -0.687. The molecule has 1 aliphatic rings. The molecule has 1 amide bonds. The van der Waals surface area contributed by atoms with Crippen molar-refractivity contribution in [2.45, 2.75) is 31.8 Å². The summed E-state index contributed by atoms with van der Waals surface area (Å²) in [6.45, 7) is 2.02. The van der Waals surface area contributed by atoms with E-state index in [1.807, 2.05) is 6.92 Å². The quantitative estimate of drug-likeness (QED) is 0.542. The molecule has 0 radical (unpaired) electrons. The molecule has 0 saturated heterocycles. The summed E-state index contributed by atoms with van der Waals surface area (Å²) in [5.74, 6) is -0.913. The molecule has 0 aromatic carbocycles. The van der Waals surface area contributed by atoms with E-state index in [1.54, 1.807) is 0 Å². The van der Waals surface area contributed by atoms with E-state index in [0.717, 1.165) is 6.42 Å². The number of amides is 1. The monoisotopic (exact) mass is 186 g/mol. The van der Waals surface area contributed by atoms with Crippen LogP contribution in [-0.2, 0) is 9.59 Å². The third kappa shape index (κ3) is 3.02. The van der Waals surface area contributed by atoms with Crippen LogP contribution in [0.5, 0.6) is 0 Å². The molecular formula is C8H14N2O3. The molecule has 0 bridgehead atoms. The predicted molar refractivity (Wildman–Crippen MR) is 45.9 cm³/mol. The summed E-state index contributed by atoms with van der Waals surface area (Å²) in [4.78, 5) is 21.4. The molecule has 3 unspecified atom stereocenters. The number of carboxylic acid groups (broad SMARTS) is 1. The maximum atomic E-state index is 11.2. The van der Waals surface area contributed by atoms with Crippen molar-refractivity contribution < 1.29 is 14.7 Å². The summed E-state index contributed by atoms with van der Waals surface area (Å²) < 4.78 is 0. The molecular weight excluding hydrogens is 172 g/mol. The number of hydrogen-bond acceptors (Lipinski definition) is 3. The van der Waals surface area contributed by atoms with Gasteiger partial charge in [0.15, 0.2) is 0 Å². The van der Waals surface area contributed by atoms with Gasteiger partial charge in [0.2, 0.25) is 5.91 Å². The lowest BCUT2D eigenvalue weighted by Crippen LogP contribution is -2.43. The largest absolute Gasteiger partial charge is 0.481 e. The van der Waals surface area contributed by atoms with Crippen molar-refractivity contribution in [3.63, 3.8) is 0 Å². The summed E-state index contributed by atoms with van der Waals surface area (Å²) in [5.41, 5.74) is 5.35. The first kappa shape index (κ1) is 9.98. The van der Waals surface area contributed by atoms with Crippen LogP contribution in [-0.4, -0.2) is 29.1 Å². The summed E-state index contributed by atoms with van der Waals surface area (Å²) in [6.07, 6.45) is 0.651. The SMILES string of the molecule is CC1CC1NC(=O)C(N)CC(=O)O. The average Bonchev–Trinajstić information content (AvgIpc) is 2.64. The van der Waals surface area contributed by atoms with Crippen molar-refractivity contribution >= 4 is 11.9 Å². The number of aliphatic carboxylic acids is 1. The molecule has 13 heavy (non-hydrogen) atoms. The second-order valence-electron chi connectivity index (χ2n) is 3.53. The Morgan fingerprint density at radius 3 is 2.62 bits per heavy atom. The molecule has 1 saturated carbocycles. The van der Waals surface area contributed by atoms with Gasteiger partial charge in [0.05, 0.1) is 12.5 Å². The Morgan fingerprint density at radius 1 is 1.69 bits per heavy atom.